The second-order valence-electron chi connectivity index (χ2n) is 5.80. The van der Waals surface area contributed by atoms with Crippen LogP contribution in [0.2, 0.25) is 0 Å². The Balaban J connectivity index is 1.86. The molecule has 1 aromatic carbocycles. The van der Waals surface area contributed by atoms with E-state index >= 15 is 0 Å². The Morgan fingerprint density at radius 3 is 2.50 bits per heavy atom. The molecular formula is C17H26N2O. The van der Waals surface area contributed by atoms with Gasteiger partial charge in [0, 0.05) is 18.3 Å². The first kappa shape index (κ1) is 14.9. The van der Waals surface area contributed by atoms with Gasteiger partial charge in [-0.25, -0.2) is 0 Å². The summed E-state index contributed by atoms with van der Waals surface area (Å²) in [6, 6.07) is 8.78. The molecule has 2 rings (SSSR count). The molecule has 1 aliphatic rings. The maximum Gasteiger partial charge on any atom is 0.224 e. The van der Waals surface area contributed by atoms with Crippen LogP contribution < -0.4 is 10.6 Å². The first-order valence-corrected chi connectivity index (χ1v) is 7.81. The topological polar surface area (TPSA) is 41.1 Å². The SMILES string of the molecule is CCNC(=O)Cc1ccc(NC(C)C2CCCC2)cc1. The molecule has 110 valence electrons. The van der Waals surface area contributed by atoms with Crippen molar-refractivity contribution in [3.63, 3.8) is 0 Å². The fourth-order valence-electron chi connectivity index (χ4n) is 3.00. The lowest BCUT2D eigenvalue weighted by Gasteiger charge is -2.21. The maximum atomic E-state index is 11.5. The Morgan fingerprint density at radius 1 is 1.25 bits per heavy atom. The van der Waals surface area contributed by atoms with Crippen LogP contribution in [0.5, 0.6) is 0 Å². The summed E-state index contributed by atoms with van der Waals surface area (Å²) in [4.78, 5) is 11.5. The van der Waals surface area contributed by atoms with Gasteiger partial charge in [-0.15, -0.1) is 0 Å². The summed E-state index contributed by atoms with van der Waals surface area (Å²) in [7, 11) is 0. The van der Waals surface area contributed by atoms with E-state index in [1.807, 2.05) is 19.1 Å². The van der Waals surface area contributed by atoms with Gasteiger partial charge < -0.3 is 10.6 Å². The number of carbonyl (C=O) groups excluding carboxylic acids is 1. The average Bonchev–Trinajstić information content (AvgIpc) is 2.95. The van der Waals surface area contributed by atoms with E-state index in [-0.39, 0.29) is 5.91 Å². The standard InChI is InChI=1S/C17H26N2O/c1-3-18-17(20)12-14-8-10-16(11-9-14)19-13(2)15-6-4-5-7-15/h8-11,13,15,19H,3-7,12H2,1-2H3,(H,18,20). The number of hydrogen-bond donors (Lipinski definition) is 2. The monoisotopic (exact) mass is 274 g/mol. The van der Waals surface area contributed by atoms with E-state index in [1.54, 1.807) is 0 Å². The third kappa shape index (κ3) is 4.26. The van der Waals surface area contributed by atoms with Crippen LogP contribution in [0.25, 0.3) is 0 Å². The Labute approximate surface area is 122 Å². The number of rotatable bonds is 6. The minimum atomic E-state index is 0.0903. The van der Waals surface area contributed by atoms with Gasteiger partial charge in [-0.05, 0) is 50.3 Å². The summed E-state index contributed by atoms with van der Waals surface area (Å²) in [5.74, 6) is 0.901. The Morgan fingerprint density at radius 2 is 1.90 bits per heavy atom. The lowest BCUT2D eigenvalue weighted by Crippen LogP contribution is -2.24. The van der Waals surface area contributed by atoms with Crippen LogP contribution in [0.15, 0.2) is 24.3 Å². The number of nitrogens with one attached hydrogen (secondary N) is 2. The molecule has 1 amide bonds. The molecule has 1 aromatic rings. The minimum absolute atomic E-state index is 0.0903. The highest BCUT2D eigenvalue weighted by Crippen LogP contribution is 2.29. The predicted octanol–water partition coefficient (Wildman–Crippen LogP) is 3.36. The number of anilines is 1. The molecule has 0 aliphatic heterocycles. The van der Waals surface area contributed by atoms with E-state index in [4.69, 9.17) is 0 Å². The van der Waals surface area contributed by atoms with Crippen LogP contribution >= 0.6 is 0 Å². The molecular weight excluding hydrogens is 248 g/mol. The van der Waals surface area contributed by atoms with Crippen LogP contribution in [-0.4, -0.2) is 18.5 Å². The molecule has 0 bridgehead atoms. The highest BCUT2D eigenvalue weighted by atomic mass is 16.1. The zero-order valence-corrected chi connectivity index (χ0v) is 12.6. The van der Waals surface area contributed by atoms with E-state index in [0.29, 0.717) is 19.0 Å². The number of likely N-dealkylation sites (N-methyl/N-ethyl adjacent to an activating group) is 1. The van der Waals surface area contributed by atoms with Crippen LogP contribution in [-0.2, 0) is 11.2 Å². The lowest BCUT2D eigenvalue weighted by molar-refractivity contribution is -0.120. The molecule has 3 heteroatoms. The zero-order valence-electron chi connectivity index (χ0n) is 12.6. The Hall–Kier alpha value is -1.51. The number of benzene rings is 1. The second kappa shape index (κ2) is 7.32. The molecule has 0 aromatic heterocycles. The molecule has 0 radical (unpaired) electrons. The molecule has 20 heavy (non-hydrogen) atoms. The van der Waals surface area contributed by atoms with E-state index in [2.05, 4.69) is 29.7 Å². The normalized spacial score (nSPS) is 16.9. The zero-order chi connectivity index (χ0) is 14.4. The summed E-state index contributed by atoms with van der Waals surface area (Å²) in [5, 5.41) is 6.41. The van der Waals surface area contributed by atoms with Crippen molar-refractivity contribution >= 4 is 11.6 Å². The average molecular weight is 274 g/mol. The molecule has 1 saturated carbocycles. The van der Waals surface area contributed by atoms with Crippen molar-refractivity contribution in [3.8, 4) is 0 Å². The van der Waals surface area contributed by atoms with Crippen LogP contribution in [0, 0.1) is 5.92 Å². The molecule has 0 heterocycles. The summed E-state index contributed by atoms with van der Waals surface area (Å²) in [5.41, 5.74) is 2.22. The summed E-state index contributed by atoms with van der Waals surface area (Å²) in [6.07, 6.45) is 5.92. The largest absolute Gasteiger partial charge is 0.382 e. The van der Waals surface area contributed by atoms with Gasteiger partial charge in [0.1, 0.15) is 0 Å². The van der Waals surface area contributed by atoms with Crippen molar-refractivity contribution in [2.45, 2.75) is 52.0 Å². The molecule has 1 fully saturated rings. The number of carbonyl (C=O) groups is 1. The number of hydrogen-bond acceptors (Lipinski definition) is 2. The third-order valence-corrected chi connectivity index (χ3v) is 4.19. The minimum Gasteiger partial charge on any atom is -0.382 e. The van der Waals surface area contributed by atoms with Gasteiger partial charge in [-0.3, -0.25) is 4.79 Å². The smallest absolute Gasteiger partial charge is 0.224 e. The maximum absolute atomic E-state index is 11.5. The van der Waals surface area contributed by atoms with Gasteiger partial charge in [0.15, 0.2) is 0 Å². The van der Waals surface area contributed by atoms with Crippen molar-refractivity contribution < 1.29 is 4.79 Å². The predicted molar refractivity (Wildman–Crippen MR) is 83.9 cm³/mol. The van der Waals surface area contributed by atoms with Gasteiger partial charge in [-0.1, -0.05) is 25.0 Å². The highest BCUT2D eigenvalue weighted by molar-refractivity contribution is 5.78. The lowest BCUT2D eigenvalue weighted by atomic mass is 9.99. The van der Waals surface area contributed by atoms with Gasteiger partial charge >= 0.3 is 0 Å². The second-order valence-corrected chi connectivity index (χ2v) is 5.80. The van der Waals surface area contributed by atoms with E-state index < -0.39 is 0 Å². The van der Waals surface area contributed by atoms with Crippen molar-refractivity contribution in [1.29, 1.82) is 0 Å². The van der Waals surface area contributed by atoms with Crippen LogP contribution in [0.1, 0.15) is 45.1 Å². The van der Waals surface area contributed by atoms with E-state index in [0.717, 1.165) is 17.2 Å². The van der Waals surface area contributed by atoms with Crippen molar-refractivity contribution in [1.82, 2.24) is 5.32 Å². The first-order chi connectivity index (χ1) is 9.69. The molecule has 1 atom stereocenters. The summed E-state index contributed by atoms with van der Waals surface area (Å²) in [6.45, 7) is 4.91. The highest BCUT2D eigenvalue weighted by Gasteiger charge is 2.21. The van der Waals surface area contributed by atoms with Crippen molar-refractivity contribution in [2.24, 2.45) is 5.92 Å². The van der Waals surface area contributed by atoms with Gasteiger partial charge in [0.2, 0.25) is 5.91 Å². The summed E-state index contributed by atoms with van der Waals surface area (Å²) < 4.78 is 0. The fourth-order valence-corrected chi connectivity index (χ4v) is 3.00. The fraction of sp³-hybridized carbons (Fsp3) is 0.588. The van der Waals surface area contributed by atoms with E-state index in [9.17, 15) is 4.79 Å². The molecule has 0 saturated heterocycles. The third-order valence-electron chi connectivity index (χ3n) is 4.19. The van der Waals surface area contributed by atoms with Crippen molar-refractivity contribution in [3.05, 3.63) is 29.8 Å². The van der Waals surface area contributed by atoms with Gasteiger partial charge in [0.05, 0.1) is 6.42 Å². The van der Waals surface area contributed by atoms with Crippen LogP contribution in [0.4, 0.5) is 5.69 Å². The molecule has 3 nitrogen and oxygen atoms in total. The quantitative estimate of drug-likeness (QED) is 0.835. The molecule has 2 N–H and O–H groups in total. The van der Waals surface area contributed by atoms with Crippen molar-refractivity contribution in [2.75, 3.05) is 11.9 Å². The Bertz CT molecular complexity index is 421. The number of amides is 1. The van der Waals surface area contributed by atoms with Crippen LogP contribution in [0.3, 0.4) is 0 Å². The molecule has 0 spiro atoms. The van der Waals surface area contributed by atoms with E-state index in [1.165, 1.54) is 25.7 Å². The first-order valence-electron chi connectivity index (χ1n) is 7.81. The van der Waals surface area contributed by atoms with Gasteiger partial charge in [-0.2, -0.15) is 0 Å². The van der Waals surface area contributed by atoms with Gasteiger partial charge in [0.25, 0.3) is 0 Å². The molecule has 1 unspecified atom stereocenters. The summed E-state index contributed by atoms with van der Waals surface area (Å²) >= 11 is 0. The molecule has 1 aliphatic carbocycles. The Kier molecular flexibility index (Phi) is 5.45.